The molecule has 1 fully saturated rings. The number of amides is 1. The molecule has 0 bridgehead atoms. The molecule has 1 N–H and O–H groups in total. The fourth-order valence-corrected chi connectivity index (χ4v) is 2.25. The Labute approximate surface area is 95.0 Å². The van der Waals surface area contributed by atoms with Crippen molar-refractivity contribution in [3.63, 3.8) is 0 Å². The molecule has 3 heteroatoms. The minimum absolute atomic E-state index is 0.166. The van der Waals surface area contributed by atoms with Crippen LogP contribution in [0.15, 0.2) is 0 Å². The molecule has 0 saturated heterocycles. The first-order valence-electron chi connectivity index (χ1n) is 5.57. The van der Waals surface area contributed by atoms with E-state index in [0.29, 0.717) is 4.83 Å². The first kappa shape index (κ1) is 12.0. The standard InChI is InChI=1S/C11H20BrNO/c1-3-4-8(2)11(14)13-7-10(12)9-5-6-9/h8-10H,3-7H2,1-2H3,(H,13,14). The number of halogens is 1. The van der Waals surface area contributed by atoms with Gasteiger partial charge in [-0.3, -0.25) is 4.79 Å². The second-order valence-corrected chi connectivity index (χ2v) is 5.46. The highest BCUT2D eigenvalue weighted by atomic mass is 79.9. The molecule has 0 spiro atoms. The monoisotopic (exact) mass is 261 g/mol. The van der Waals surface area contributed by atoms with E-state index in [1.165, 1.54) is 12.8 Å². The van der Waals surface area contributed by atoms with Crippen molar-refractivity contribution in [2.45, 2.75) is 44.4 Å². The molecule has 1 saturated carbocycles. The fourth-order valence-electron chi connectivity index (χ4n) is 1.56. The minimum atomic E-state index is 0.166. The Morgan fingerprint density at radius 3 is 2.71 bits per heavy atom. The van der Waals surface area contributed by atoms with Crippen molar-refractivity contribution < 1.29 is 4.79 Å². The molecule has 1 amide bonds. The van der Waals surface area contributed by atoms with Crippen LogP contribution in [-0.2, 0) is 4.79 Å². The van der Waals surface area contributed by atoms with Crippen molar-refractivity contribution in [2.75, 3.05) is 6.54 Å². The van der Waals surface area contributed by atoms with Crippen LogP contribution in [0.3, 0.4) is 0 Å². The minimum Gasteiger partial charge on any atom is -0.355 e. The Morgan fingerprint density at radius 2 is 2.21 bits per heavy atom. The molecule has 0 aliphatic heterocycles. The lowest BCUT2D eigenvalue weighted by molar-refractivity contribution is -0.124. The number of carbonyl (C=O) groups excluding carboxylic acids is 1. The van der Waals surface area contributed by atoms with E-state index in [-0.39, 0.29) is 11.8 Å². The van der Waals surface area contributed by atoms with Crippen LogP contribution in [0.1, 0.15) is 39.5 Å². The summed E-state index contributed by atoms with van der Waals surface area (Å²) in [6.45, 7) is 4.90. The number of alkyl halides is 1. The maximum Gasteiger partial charge on any atom is 0.222 e. The van der Waals surface area contributed by atoms with Gasteiger partial charge in [-0.2, -0.15) is 0 Å². The third-order valence-corrected chi connectivity index (χ3v) is 3.85. The predicted molar refractivity (Wildman–Crippen MR) is 62.5 cm³/mol. The van der Waals surface area contributed by atoms with Crippen molar-refractivity contribution in [2.24, 2.45) is 11.8 Å². The average Bonchev–Trinajstić information content (AvgIpc) is 2.97. The molecule has 0 aromatic carbocycles. The van der Waals surface area contributed by atoms with Gasteiger partial charge in [0, 0.05) is 17.3 Å². The summed E-state index contributed by atoms with van der Waals surface area (Å²) in [4.78, 5) is 12.0. The van der Waals surface area contributed by atoms with E-state index in [4.69, 9.17) is 0 Å². The van der Waals surface area contributed by atoms with Gasteiger partial charge in [0.25, 0.3) is 0 Å². The Bertz CT molecular complexity index is 192. The molecule has 1 aliphatic rings. The first-order chi connectivity index (χ1) is 6.65. The third kappa shape index (κ3) is 3.99. The van der Waals surface area contributed by atoms with Crippen molar-refractivity contribution >= 4 is 21.8 Å². The summed E-state index contributed by atoms with van der Waals surface area (Å²) in [7, 11) is 0. The van der Waals surface area contributed by atoms with Crippen LogP contribution in [0.2, 0.25) is 0 Å². The molecule has 2 unspecified atom stereocenters. The summed E-state index contributed by atoms with van der Waals surface area (Å²) in [5, 5.41) is 3.00. The van der Waals surface area contributed by atoms with Crippen molar-refractivity contribution in [3.05, 3.63) is 0 Å². The Kier molecular flexibility index (Phi) is 4.93. The quantitative estimate of drug-likeness (QED) is 0.733. The van der Waals surface area contributed by atoms with E-state index in [0.717, 1.165) is 25.3 Å². The number of hydrogen-bond donors (Lipinski definition) is 1. The van der Waals surface area contributed by atoms with Crippen molar-refractivity contribution in [1.29, 1.82) is 0 Å². The molecule has 82 valence electrons. The van der Waals surface area contributed by atoms with Crippen molar-refractivity contribution in [3.8, 4) is 0 Å². The number of rotatable bonds is 6. The molecule has 1 aliphatic carbocycles. The Balaban J connectivity index is 2.12. The molecular weight excluding hydrogens is 242 g/mol. The maximum atomic E-state index is 11.5. The Morgan fingerprint density at radius 1 is 1.57 bits per heavy atom. The molecule has 1 rings (SSSR count). The highest BCUT2D eigenvalue weighted by Gasteiger charge is 2.29. The van der Waals surface area contributed by atoms with E-state index >= 15 is 0 Å². The SMILES string of the molecule is CCCC(C)C(=O)NCC(Br)C1CC1. The van der Waals surface area contributed by atoms with Crippen LogP contribution < -0.4 is 5.32 Å². The zero-order valence-electron chi connectivity index (χ0n) is 9.05. The van der Waals surface area contributed by atoms with Gasteiger partial charge in [0.15, 0.2) is 0 Å². The summed E-state index contributed by atoms with van der Waals surface area (Å²) >= 11 is 3.61. The maximum absolute atomic E-state index is 11.5. The summed E-state index contributed by atoms with van der Waals surface area (Å²) in [5.74, 6) is 1.17. The topological polar surface area (TPSA) is 29.1 Å². The van der Waals surface area contributed by atoms with Gasteiger partial charge in [0.05, 0.1) is 0 Å². The van der Waals surface area contributed by atoms with Gasteiger partial charge < -0.3 is 5.32 Å². The average molecular weight is 262 g/mol. The molecule has 14 heavy (non-hydrogen) atoms. The van der Waals surface area contributed by atoms with E-state index in [2.05, 4.69) is 28.2 Å². The molecule has 0 aromatic rings. The lowest BCUT2D eigenvalue weighted by Gasteiger charge is -2.13. The van der Waals surface area contributed by atoms with Crippen LogP contribution in [0.25, 0.3) is 0 Å². The highest BCUT2D eigenvalue weighted by Crippen LogP contribution is 2.36. The van der Waals surface area contributed by atoms with Gasteiger partial charge in [0.1, 0.15) is 0 Å². The molecular formula is C11H20BrNO. The number of carbonyl (C=O) groups is 1. The lowest BCUT2D eigenvalue weighted by atomic mass is 10.1. The fraction of sp³-hybridized carbons (Fsp3) is 0.909. The van der Waals surface area contributed by atoms with Crippen molar-refractivity contribution in [1.82, 2.24) is 5.32 Å². The molecule has 0 aromatic heterocycles. The third-order valence-electron chi connectivity index (χ3n) is 2.77. The van der Waals surface area contributed by atoms with Crippen LogP contribution in [0.4, 0.5) is 0 Å². The van der Waals surface area contributed by atoms with Gasteiger partial charge >= 0.3 is 0 Å². The summed E-state index contributed by atoms with van der Waals surface area (Å²) in [6.07, 6.45) is 4.70. The molecule has 0 heterocycles. The van der Waals surface area contributed by atoms with Crippen LogP contribution in [0, 0.1) is 11.8 Å². The molecule has 0 radical (unpaired) electrons. The lowest BCUT2D eigenvalue weighted by Crippen LogP contribution is -2.34. The largest absolute Gasteiger partial charge is 0.355 e. The normalized spacial score (nSPS) is 20.2. The van der Waals surface area contributed by atoms with Gasteiger partial charge in [0.2, 0.25) is 5.91 Å². The van der Waals surface area contributed by atoms with Crippen LogP contribution >= 0.6 is 15.9 Å². The second-order valence-electron chi connectivity index (χ2n) is 4.29. The predicted octanol–water partition coefficient (Wildman–Crippen LogP) is 2.71. The number of nitrogens with one attached hydrogen (secondary N) is 1. The zero-order valence-corrected chi connectivity index (χ0v) is 10.6. The van der Waals surface area contributed by atoms with Gasteiger partial charge in [-0.15, -0.1) is 0 Å². The van der Waals surface area contributed by atoms with Gasteiger partial charge in [-0.05, 0) is 25.2 Å². The summed E-state index contributed by atoms with van der Waals surface area (Å²) < 4.78 is 0. The summed E-state index contributed by atoms with van der Waals surface area (Å²) in [5.41, 5.74) is 0. The summed E-state index contributed by atoms with van der Waals surface area (Å²) in [6, 6.07) is 0. The zero-order chi connectivity index (χ0) is 10.6. The van der Waals surface area contributed by atoms with E-state index in [9.17, 15) is 4.79 Å². The first-order valence-corrected chi connectivity index (χ1v) is 6.48. The van der Waals surface area contributed by atoms with Crippen LogP contribution in [0.5, 0.6) is 0 Å². The van der Waals surface area contributed by atoms with E-state index < -0.39 is 0 Å². The second kappa shape index (κ2) is 5.74. The number of hydrogen-bond acceptors (Lipinski definition) is 1. The smallest absolute Gasteiger partial charge is 0.222 e. The van der Waals surface area contributed by atoms with Gasteiger partial charge in [-0.1, -0.05) is 36.2 Å². The molecule has 2 atom stereocenters. The van der Waals surface area contributed by atoms with E-state index in [1.54, 1.807) is 0 Å². The molecule has 2 nitrogen and oxygen atoms in total. The van der Waals surface area contributed by atoms with E-state index in [1.807, 2.05) is 6.92 Å². The Hall–Kier alpha value is -0.0500. The van der Waals surface area contributed by atoms with Gasteiger partial charge in [-0.25, -0.2) is 0 Å². The van der Waals surface area contributed by atoms with Crippen LogP contribution in [-0.4, -0.2) is 17.3 Å². The highest BCUT2D eigenvalue weighted by molar-refractivity contribution is 9.09.